The maximum Gasteiger partial charge on any atom is 0.248 e. The van der Waals surface area contributed by atoms with Crippen LogP contribution in [0.2, 0.25) is 0 Å². The summed E-state index contributed by atoms with van der Waals surface area (Å²) in [4.78, 5) is 13.7. The SMILES string of the molecule is Cc1c(C2CCCN2Cc2ccc(Oc3ccc(C(N)=O)cc3)cc2)cnn1C. The van der Waals surface area contributed by atoms with Crippen molar-refractivity contribution >= 4 is 5.91 Å². The Balaban J connectivity index is 1.41. The fourth-order valence-corrected chi connectivity index (χ4v) is 3.93. The maximum absolute atomic E-state index is 11.2. The number of ether oxygens (including phenoxy) is 1. The predicted octanol–water partition coefficient (Wildman–Crippen LogP) is 3.96. The molecule has 1 amide bonds. The van der Waals surface area contributed by atoms with Crippen LogP contribution in [0, 0.1) is 6.92 Å². The monoisotopic (exact) mass is 390 g/mol. The molecule has 2 heterocycles. The Kier molecular flexibility index (Phi) is 5.36. The highest BCUT2D eigenvalue weighted by Crippen LogP contribution is 2.34. The highest BCUT2D eigenvalue weighted by Gasteiger charge is 2.28. The third-order valence-corrected chi connectivity index (χ3v) is 5.68. The Morgan fingerprint density at radius 1 is 1.14 bits per heavy atom. The summed E-state index contributed by atoms with van der Waals surface area (Å²) in [6, 6.07) is 15.5. The van der Waals surface area contributed by atoms with Gasteiger partial charge in [-0.3, -0.25) is 14.4 Å². The van der Waals surface area contributed by atoms with Crippen molar-refractivity contribution in [2.45, 2.75) is 32.4 Å². The topological polar surface area (TPSA) is 73.4 Å². The van der Waals surface area contributed by atoms with Crippen LogP contribution < -0.4 is 10.5 Å². The number of rotatable bonds is 6. The van der Waals surface area contributed by atoms with Crippen LogP contribution >= 0.6 is 0 Å². The summed E-state index contributed by atoms with van der Waals surface area (Å²) in [5, 5.41) is 4.42. The molecule has 0 aliphatic carbocycles. The molecule has 0 saturated carbocycles. The second-order valence-corrected chi connectivity index (χ2v) is 7.57. The molecule has 6 heteroatoms. The second kappa shape index (κ2) is 8.09. The molecule has 2 N–H and O–H groups in total. The van der Waals surface area contributed by atoms with E-state index in [0.717, 1.165) is 18.8 Å². The van der Waals surface area contributed by atoms with Crippen molar-refractivity contribution in [3.05, 3.63) is 77.1 Å². The zero-order valence-corrected chi connectivity index (χ0v) is 16.8. The van der Waals surface area contributed by atoms with Crippen LogP contribution in [-0.2, 0) is 13.6 Å². The number of nitrogens with two attached hydrogens (primary N) is 1. The van der Waals surface area contributed by atoms with Crippen LogP contribution in [0.1, 0.15) is 46.1 Å². The van der Waals surface area contributed by atoms with E-state index >= 15 is 0 Å². The van der Waals surface area contributed by atoms with Crippen molar-refractivity contribution in [2.24, 2.45) is 12.8 Å². The lowest BCUT2D eigenvalue weighted by molar-refractivity contribution is 0.100. The van der Waals surface area contributed by atoms with Gasteiger partial charge in [0.25, 0.3) is 0 Å². The smallest absolute Gasteiger partial charge is 0.248 e. The van der Waals surface area contributed by atoms with Crippen molar-refractivity contribution < 1.29 is 9.53 Å². The van der Waals surface area contributed by atoms with Crippen LogP contribution in [0.4, 0.5) is 0 Å². The van der Waals surface area contributed by atoms with Crippen molar-refractivity contribution in [3.8, 4) is 11.5 Å². The van der Waals surface area contributed by atoms with Crippen molar-refractivity contribution in [3.63, 3.8) is 0 Å². The molecule has 0 radical (unpaired) electrons. The zero-order valence-electron chi connectivity index (χ0n) is 16.8. The molecular weight excluding hydrogens is 364 g/mol. The molecule has 1 saturated heterocycles. The summed E-state index contributed by atoms with van der Waals surface area (Å²) in [7, 11) is 2.00. The van der Waals surface area contributed by atoms with Gasteiger partial charge in [-0.25, -0.2) is 0 Å². The second-order valence-electron chi connectivity index (χ2n) is 7.57. The number of nitrogens with zero attached hydrogens (tertiary/aromatic N) is 3. The normalized spacial score (nSPS) is 16.8. The molecule has 1 aliphatic heterocycles. The third kappa shape index (κ3) is 4.17. The summed E-state index contributed by atoms with van der Waals surface area (Å²) in [5.41, 5.74) is 9.58. The Morgan fingerprint density at radius 3 is 2.38 bits per heavy atom. The predicted molar refractivity (Wildman–Crippen MR) is 112 cm³/mol. The van der Waals surface area contributed by atoms with E-state index in [-0.39, 0.29) is 0 Å². The van der Waals surface area contributed by atoms with E-state index in [4.69, 9.17) is 10.5 Å². The van der Waals surface area contributed by atoms with Crippen LogP contribution in [0.5, 0.6) is 11.5 Å². The number of hydrogen-bond acceptors (Lipinski definition) is 4. The number of likely N-dealkylation sites (tertiary alicyclic amines) is 1. The van der Waals surface area contributed by atoms with Crippen LogP contribution in [-0.4, -0.2) is 27.1 Å². The molecule has 1 unspecified atom stereocenters. The van der Waals surface area contributed by atoms with Crippen LogP contribution in [0.3, 0.4) is 0 Å². The van der Waals surface area contributed by atoms with Gasteiger partial charge in [0.05, 0.1) is 6.20 Å². The van der Waals surface area contributed by atoms with Gasteiger partial charge in [0, 0.05) is 36.5 Å². The average Bonchev–Trinajstić information content (AvgIpc) is 3.30. The van der Waals surface area contributed by atoms with E-state index < -0.39 is 5.91 Å². The summed E-state index contributed by atoms with van der Waals surface area (Å²) in [6.45, 7) is 4.15. The molecule has 1 aromatic heterocycles. The summed E-state index contributed by atoms with van der Waals surface area (Å²) >= 11 is 0. The largest absolute Gasteiger partial charge is 0.457 e. The van der Waals surface area contributed by atoms with E-state index in [1.807, 2.05) is 30.1 Å². The van der Waals surface area contributed by atoms with Gasteiger partial charge in [0.1, 0.15) is 11.5 Å². The third-order valence-electron chi connectivity index (χ3n) is 5.68. The first-order valence-electron chi connectivity index (χ1n) is 9.90. The van der Waals surface area contributed by atoms with E-state index in [9.17, 15) is 4.79 Å². The lowest BCUT2D eigenvalue weighted by Gasteiger charge is -2.24. The average molecular weight is 390 g/mol. The molecule has 1 aliphatic rings. The summed E-state index contributed by atoms with van der Waals surface area (Å²) in [6.07, 6.45) is 4.40. The van der Waals surface area contributed by atoms with Crippen molar-refractivity contribution in [1.29, 1.82) is 0 Å². The lowest BCUT2D eigenvalue weighted by Crippen LogP contribution is -2.23. The van der Waals surface area contributed by atoms with Crippen LogP contribution in [0.25, 0.3) is 0 Å². The minimum atomic E-state index is -0.442. The highest BCUT2D eigenvalue weighted by atomic mass is 16.5. The number of amides is 1. The van der Waals surface area contributed by atoms with Gasteiger partial charge in [-0.1, -0.05) is 12.1 Å². The number of aryl methyl sites for hydroxylation is 1. The quantitative estimate of drug-likeness (QED) is 0.691. The van der Waals surface area contributed by atoms with Crippen LogP contribution in [0.15, 0.2) is 54.7 Å². The van der Waals surface area contributed by atoms with Gasteiger partial charge in [-0.15, -0.1) is 0 Å². The molecular formula is C23H26N4O2. The Hall–Kier alpha value is -3.12. The highest BCUT2D eigenvalue weighted by molar-refractivity contribution is 5.92. The number of primary amides is 1. The van der Waals surface area contributed by atoms with Gasteiger partial charge in [0.2, 0.25) is 5.91 Å². The lowest BCUT2D eigenvalue weighted by atomic mass is 10.1. The molecule has 6 nitrogen and oxygen atoms in total. The summed E-state index contributed by atoms with van der Waals surface area (Å²) in [5.74, 6) is 0.999. The first kappa shape index (κ1) is 19.2. The first-order valence-corrected chi connectivity index (χ1v) is 9.90. The maximum atomic E-state index is 11.2. The number of hydrogen-bond donors (Lipinski definition) is 1. The zero-order chi connectivity index (χ0) is 20.4. The van der Waals surface area contributed by atoms with Crippen molar-refractivity contribution in [2.75, 3.05) is 6.54 Å². The molecule has 2 aromatic carbocycles. The standard InChI is InChI=1S/C23H26N4O2/c1-16-21(14-25-26(16)2)22-4-3-13-27(22)15-17-5-9-19(10-6-17)29-20-11-7-18(8-12-20)23(24)28/h5-12,14,22H,3-4,13,15H2,1-2H3,(H2,24,28). The van der Waals surface area contributed by atoms with E-state index in [1.54, 1.807) is 24.3 Å². The molecule has 0 spiro atoms. The van der Waals surface area contributed by atoms with E-state index in [1.165, 1.54) is 29.7 Å². The Morgan fingerprint density at radius 2 is 1.79 bits per heavy atom. The fraction of sp³-hybridized carbons (Fsp3) is 0.304. The Bertz CT molecular complexity index is 993. The Labute approximate surface area is 170 Å². The van der Waals surface area contributed by atoms with Gasteiger partial charge in [-0.05, 0) is 68.3 Å². The van der Waals surface area contributed by atoms with Gasteiger partial charge >= 0.3 is 0 Å². The number of benzene rings is 2. The van der Waals surface area contributed by atoms with E-state index in [0.29, 0.717) is 17.4 Å². The molecule has 1 fully saturated rings. The molecule has 1 atom stereocenters. The molecule has 29 heavy (non-hydrogen) atoms. The molecule has 150 valence electrons. The number of carbonyl (C=O) groups excluding carboxylic acids is 1. The summed E-state index contributed by atoms with van der Waals surface area (Å²) < 4.78 is 7.82. The molecule has 0 bridgehead atoms. The number of carbonyl (C=O) groups is 1. The minimum absolute atomic E-state index is 0.434. The minimum Gasteiger partial charge on any atom is -0.457 e. The molecule has 3 aromatic rings. The van der Waals surface area contributed by atoms with Crippen molar-refractivity contribution in [1.82, 2.24) is 14.7 Å². The molecule has 4 rings (SSSR count). The van der Waals surface area contributed by atoms with Gasteiger partial charge < -0.3 is 10.5 Å². The number of aromatic nitrogens is 2. The first-order chi connectivity index (χ1) is 14.0. The van der Waals surface area contributed by atoms with E-state index in [2.05, 4.69) is 29.1 Å². The fourth-order valence-electron chi connectivity index (χ4n) is 3.93. The van der Waals surface area contributed by atoms with Gasteiger partial charge in [-0.2, -0.15) is 5.10 Å². The van der Waals surface area contributed by atoms with Gasteiger partial charge in [0.15, 0.2) is 0 Å².